The molecule has 1 N–H and O–H groups in total. The molecule has 2 heteroatoms. The molecule has 0 aliphatic carbocycles. The van der Waals surface area contributed by atoms with Crippen molar-refractivity contribution in [3.63, 3.8) is 0 Å². The van der Waals surface area contributed by atoms with Gasteiger partial charge in [-0.1, -0.05) is 38.8 Å². The van der Waals surface area contributed by atoms with Crippen LogP contribution < -0.4 is 5.32 Å². The normalized spacial score (nSPS) is 14.8. The molecule has 16 heavy (non-hydrogen) atoms. The van der Waals surface area contributed by atoms with Gasteiger partial charge in [0.05, 0.1) is 0 Å². The lowest BCUT2D eigenvalue weighted by Crippen LogP contribution is -2.19. The summed E-state index contributed by atoms with van der Waals surface area (Å²) in [5.74, 6) is 0.793. The van der Waals surface area contributed by atoms with E-state index in [0.29, 0.717) is 6.04 Å². The van der Waals surface area contributed by atoms with Crippen molar-refractivity contribution in [2.75, 3.05) is 7.05 Å². The van der Waals surface area contributed by atoms with Crippen molar-refractivity contribution in [3.8, 4) is 0 Å². The third kappa shape index (κ3) is 4.42. The molecule has 0 aromatic heterocycles. The topological polar surface area (TPSA) is 12.0 Å². The van der Waals surface area contributed by atoms with Gasteiger partial charge in [0.2, 0.25) is 0 Å². The lowest BCUT2D eigenvalue weighted by Gasteiger charge is -2.20. The standard InChI is InChI=1S/C14H22IN/c1-4-5-11(2)10-14(16-3)12-6-8-13(15)9-7-12/h6-9,11,14,16H,4-5,10H2,1-3H3. The molecule has 1 nitrogen and oxygen atoms in total. The number of rotatable bonds is 6. The highest BCUT2D eigenvalue weighted by molar-refractivity contribution is 14.1. The van der Waals surface area contributed by atoms with Crippen LogP contribution in [-0.2, 0) is 0 Å². The fraction of sp³-hybridized carbons (Fsp3) is 0.571. The van der Waals surface area contributed by atoms with Crippen molar-refractivity contribution in [2.24, 2.45) is 5.92 Å². The Morgan fingerprint density at radius 1 is 1.25 bits per heavy atom. The van der Waals surface area contributed by atoms with Gasteiger partial charge in [-0.15, -0.1) is 0 Å². The van der Waals surface area contributed by atoms with Gasteiger partial charge in [0.1, 0.15) is 0 Å². The molecule has 1 rings (SSSR count). The predicted molar refractivity (Wildman–Crippen MR) is 79.6 cm³/mol. The van der Waals surface area contributed by atoms with E-state index < -0.39 is 0 Å². The number of hydrogen-bond donors (Lipinski definition) is 1. The first-order valence-corrected chi connectivity index (χ1v) is 7.18. The smallest absolute Gasteiger partial charge is 0.0320 e. The molecule has 0 aliphatic heterocycles. The third-order valence-electron chi connectivity index (χ3n) is 3.04. The van der Waals surface area contributed by atoms with Gasteiger partial charge in [0, 0.05) is 9.61 Å². The summed E-state index contributed by atoms with van der Waals surface area (Å²) in [6, 6.07) is 9.34. The quantitative estimate of drug-likeness (QED) is 0.763. The van der Waals surface area contributed by atoms with E-state index in [-0.39, 0.29) is 0 Å². The second kappa shape index (κ2) is 7.28. The lowest BCUT2D eigenvalue weighted by molar-refractivity contribution is 0.407. The molecule has 0 bridgehead atoms. The average Bonchev–Trinajstić information content (AvgIpc) is 2.27. The van der Waals surface area contributed by atoms with Gasteiger partial charge >= 0.3 is 0 Å². The highest BCUT2D eigenvalue weighted by Crippen LogP contribution is 2.24. The molecule has 1 aromatic rings. The minimum Gasteiger partial charge on any atom is -0.313 e. The van der Waals surface area contributed by atoms with Crippen molar-refractivity contribution in [2.45, 2.75) is 39.2 Å². The number of hydrogen-bond acceptors (Lipinski definition) is 1. The van der Waals surface area contributed by atoms with Gasteiger partial charge in [-0.05, 0) is 59.7 Å². The van der Waals surface area contributed by atoms with E-state index in [1.807, 2.05) is 0 Å². The highest BCUT2D eigenvalue weighted by atomic mass is 127. The van der Waals surface area contributed by atoms with Crippen molar-refractivity contribution < 1.29 is 0 Å². The Bertz CT molecular complexity index is 294. The maximum Gasteiger partial charge on any atom is 0.0320 e. The van der Waals surface area contributed by atoms with Crippen LogP contribution in [0.4, 0.5) is 0 Å². The summed E-state index contributed by atoms with van der Waals surface area (Å²) in [7, 11) is 2.06. The van der Waals surface area contributed by atoms with E-state index in [1.54, 1.807) is 0 Å². The molecule has 0 aliphatic rings. The zero-order chi connectivity index (χ0) is 12.0. The van der Waals surface area contributed by atoms with Crippen LogP contribution in [0.25, 0.3) is 0 Å². The third-order valence-corrected chi connectivity index (χ3v) is 3.76. The molecule has 0 heterocycles. The summed E-state index contributed by atoms with van der Waals surface area (Å²) < 4.78 is 1.30. The molecule has 0 amide bonds. The molecule has 0 saturated carbocycles. The van der Waals surface area contributed by atoms with Gasteiger partial charge in [0.25, 0.3) is 0 Å². The Morgan fingerprint density at radius 3 is 2.38 bits per heavy atom. The summed E-state index contributed by atoms with van der Waals surface area (Å²) in [6.45, 7) is 4.61. The van der Waals surface area contributed by atoms with Crippen molar-refractivity contribution in [1.82, 2.24) is 5.32 Å². The van der Waals surface area contributed by atoms with Gasteiger partial charge < -0.3 is 5.32 Å². The molecule has 0 spiro atoms. The molecule has 0 radical (unpaired) electrons. The van der Waals surface area contributed by atoms with E-state index >= 15 is 0 Å². The molecular weight excluding hydrogens is 309 g/mol. The predicted octanol–water partition coefficient (Wildman–Crippen LogP) is 4.38. The van der Waals surface area contributed by atoms with Gasteiger partial charge in [-0.2, -0.15) is 0 Å². The van der Waals surface area contributed by atoms with Crippen molar-refractivity contribution in [3.05, 3.63) is 33.4 Å². The van der Waals surface area contributed by atoms with Crippen LogP contribution in [0.1, 0.15) is 44.7 Å². The van der Waals surface area contributed by atoms with Gasteiger partial charge in [0.15, 0.2) is 0 Å². The first-order valence-electron chi connectivity index (χ1n) is 6.10. The Labute approximate surface area is 113 Å². The van der Waals surface area contributed by atoms with Gasteiger partial charge in [-0.3, -0.25) is 0 Å². The van der Waals surface area contributed by atoms with E-state index in [9.17, 15) is 0 Å². The summed E-state index contributed by atoms with van der Waals surface area (Å²) in [6.07, 6.45) is 3.83. The maximum absolute atomic E-state index is 3.42. The zero-order valence-corrected chi connectivity index (χ0v) is 12.6. The van der Waals surface area contributed by atoms with E-state index in [1.165, 1.54) is 28.4 Å². The Hall–Kier alpha value is -0.0900. The van der Waals surface area contributed by atoms with Crippen molar-refractivity contribution in [1.29, 1.82) is 0 Å². The SMILES string of the molecule is CCCC(C)CC(NC)c1ccc(I)cc1. The Kier molecular flexibility index (Phi) is 6.36. The van der Waals surface area contributed by atoms with E-state index in [4.69, 9.17) is 0 Å². The lowest BCUT2D eigenvalue weighted by atomic mass is 9.93. The molecule has 90 valence electrons. The minimum atomic E-state index is 0.499. The first-order chi connectivity index (χ1) is 7.67. The fourth-order valence-corrected chi connectivity index (χ4v) is 2.49. The second-order valence-corrected chi connectivity index (χ2v) is 5.77. The van der Waals surface area contributed by atoms with Crippen LogP contribution in [0.5, 0.6) is 0 Å². The largest absolute Gasteiger partial charge is 0.313 e. The molecule has 0 fully saturated rings. The number of halogens is 1. The minimum absolute atomic E-state index is 0.499. The molecule has 2 unspecified atom stereocenters. The van der Waals surface area contributed by atoms with Crippen LogP contribution in [0, 0.1) is 9.49 Å². The molecule has 0 saturated heterocycles. The average molecular weight is 331 g/mol. The van der Waals surface area contributed by atoms with E-state index in [0.717, 1.165) is 5.92 Å². The molecule has 2 atom stereocenters. The summed E-state index contributed by atoms with van der Waals surface area (Å²) >= 11 is 2.35. The Morgan fingerprint density at radius 2 is 1.88 bits per heavy atom. The van der Waals surface area contributed by atoms with Crippen LogP contribution >= 0.6 is 22.6 Å². The first kappa shape index (κ1) is 14.0. The van der Waals surface area contributed by atoms with E-state index in [2.05, 4.69) is 73.1 Å². The fourth-order valence-electron chi connectivity index (χ4n) is 2.13. The number of nitrogens with one attached hydrogen (secondary N) is 1. The van der Waals surface area contributed by atoms with Crippen LogP contribution in [-0.4, -0.2) is 7.05 Å². The van der Waals surface area contributed by atoms with Crippen molar-refractivity contribution >= 4 is 22.6 Å². The van der Waals surface area contributed by atoms with Crippen LogP contribution in [0.2, 0.25) is 0 Å². The number of benzene rings is 1. The summed E-state index contributed by atoms with van der Waals surface area (Å²) in [4.78, 5) is 0. The highest BCUT2D eigenvalue weighted by Gasteiger charge is 2.12. The zero-order valence-electron chi connectivity index (χ0n) is 10.5. The molecule has 1 aromatic carbocycles. The Balaban J connectivity index is 2.63. The summed E-state index contributed by atoms with van der Waals surface area (Å²) in [5.41, 5.74) is 1.41. The monoisotopic (exact) mass is 331 g/mol. The van der Waals surface area contributed by atoms with Crippen LogP contribution in [0.3, 0.4) is 0 Å². The maximum atomic E-state index is 3.42. The van der Waals surface area contributed by atoms with Crippen LogP contribution in [0.15, 0.2) is 24.3 Å². The summed E-state index contributed by atoms with van der Waals surface area (Å²) in [5, 5.41) is 3.42. The molecular formula is C14H22IN. The van der Waals surface area contributed by atoms with Gasteiger partial charge in [-0.25, -0.2) is 0 Å². The second-order valence-electron chi connectivity index (χ2n) is 4.52.